The summed E-state index contributed by atoms with van der Waals surface area (Å²) < 4.78 is 5.31. The van der Waals surface area contributed by atoms with Gasteiger partial charge in [-0.25, -0.2) is 0 Å². The summed E-state index contributed by atoms with van der Waals surface area (Å²) in [7, 11) is 1.62. The number of nitrogens with zero attached hydrogens (tertiary/aromatic N) is 3. The van der Waals surface area contributed by atoms with Crippen LogP contribution in [0.3, 0.4) is 0 Å². The predicted octanol–water partition coefficient (Wildman–Crippen LogP) is 4.60. The van der Waals surface area contributed by atoms with Crippen molar-refractivity contribution in [2.45, 2.75) is 25.2 Å². The van der Waals surface area contributed by atoms with E-state index in [4.69, 9.17) is 4.74 Å². The molecule has 35 heavy (non-hydrogen) atoms. The maximum Gasteiger partial charge on any atom is 0.252 e. The largest absolute Gasteiger partial charge is 0.497 e. The second-order valence-corrected chi connectivity index (χ2v) is 9.08. The summed E-state index contributed by atoms with van der Waals surface area (Å²) in [6, 6.07) is 15.4. The Morgan fingerprint density at radius 2 is 2.06 bits per heavy atom. The van der Waals surface area contributed by atoms with Crippen molar-refractivity contribution in [3.05, 3.63) is 71.5 Å². The number of benzene rings is 2. The lowest BCUT2D eigenvalue weighted by atomic mass is 9.89. The molecule has 0 radical (unpaired) electrons. The van der Waals surface area contributed by atoms with Gasteiger partial charge in [0, 0.05) is 35.2 Å². The molecule has 2 aromatic carbocycles. The van der Waals surface area contributed by atoms with Gasteiger partial charge in [0.05, 0.1) is 29.8 Å². The molecular formula is C28H29N5O2. The fourth-order valence-electron chi connectivity index (χ4n) is 5.07. The van der Waals surface area contributed by atoms with Gasteiger partial charge in [-0.1, -0.05) is 0 Å². The number of amides is 1. The number of likely N-dealkylation sites (tertiary alicyclic amines) is 1. The Hall–Kier alpha value is -3.89. The number of aromatic amines is 1. The van der Waals surface area contributed by atoms with Gasteiger partial charge in [-0.2, -0.15) is 5.26 Å². The molecule has 3 heterocycles. The molecule has 1 aliphatic heterocycles. The number of ether oxygens (including phenoxy) is 1. The van der Waals surface area contributed by atoms with E-state index in [9.17, 15) is 10.1 Å². The number of carbonyl (C=O) groups excluding carboxylic acids is 1. The maximum atomic E-state index is 12.8. The summed E-state index contributed by atoms with van der Waals surface area (Å²) >= 11 is 0. The average molecular weight is 468 g/mol. The highest BCUT2D eigenvalue weighted by atomic mass is 16.5. The van der Waals surface area contributed by atoms with Crippen LogP contribution in [0.1, 0.15) is 46.7 Å². The monoisotopic (exact) mass is 467 g/mol. The number of fused-ring (bicyclic) bond motifs is 2. The highest BCUT2D eigenvalue weighted by Gasteiger charge is 2.23. The number of nitriles is 1. The van der Waals surface area contributed by atoms with E-state index in [-0.39, 0.29) is 5.91 Å². The molecule has 0 unspecified atom stereocenters. The molecule has 7 nitrogen and oxygen atoms in total. The Kier molecular flexibility index (Phi) is 6.64. The smallest absolute Gasteiger partial charge is 0.252 e. The van der Waals surface area contributed by atoms with Crippen molar-refractivity contribution in [1.82, 2.24) is 20.2 Å². The highest BCUT2D eigenvalue weighted by molar-refractivity contribution is 6.06. The molecule has 7 heteroatoms. The van der Waals surface area contributed by atoms with Crippen LogP contribution in [0.25, 0.3) is 21.8 Å². The molecule has 0 saturated carbocycles. The summed E-state index contributed by atoms with van der Waals surface area (Å²) in [4.78, 5) is 23.0. The van der Waals surface area contributed by atoms with E-state index in [0.29, 0.717) is 29.3 Å². The van der Waals surface area contributed by atoms with E-state index in [1.54, 1.807) is 19.4 Å². The van der Waals surface area contributed by atoms with Gasteiger partial charge in [0.2, 0.25) is 0 Å². The van der Waals surface area contributed by atoms with Crippen LogP contribution >= 0.6 is 0 Å². The van der Waals surface area contributed by atoms with E-state index < -0.39 is 0 Å². The van der Waals surface area contributed by atoms with Crippen LogP contribution in [0.2, 0.25) is 0 Å². The van der Waals surface area contributed by atoms with Crippen molar-refractivity contribution in [1.29, 1.82) is 5.26 Å². The van der Waals surface area contributed by atoms with Gasteiger partial charge >= 0.3 is 0 Å². The Bertz CT molecular complexity index is 1400. The van der Waals surface area contributed by atoms with Crippen LogP contribution in [0.5, 0.6) is 5.75 Å². The molecule has 2 N–H and O–H groups in total. The first-order chi connectivity index (χ1) is 17.2. The van der Waals surface area contributed by atoms with E-state index in [2.05, 4.69) is 32.5 Å². The summed E-state index contributed by atoms with van der Waals surface area (Å²) in [6.45, 7) is 3.67. The molecule has 4 aromatic rings. The molecule has 0 aliphatic carbocycles. The SMILES string of the molecule is COc1ccc2nccc(C(=O)NCCCN3CCC(c4c[nH]c5ccc(C#N)cc45)CC3)c2c1. The zero-order valence-electron chi connectivity index (χ0n) is 19.9. The maximum absolute atomic E-state index is 12.8. The van der Waals surface area contributed by atoms with Gasteiger partial charge < -0.3 is 19.9 Å². The fourth-order valence-corrected chi connectivity index (χ4v) is 5.07. The lowest BCUT2D eigenvalue weighted by Gasteiger charge is -2.32. The number of rotatable bonds is 7. The summed E-state index contributed by atoms with van der Waals surface area (Å²) in [5.41, 5.74) is 4.52. The zero-order valence-corrected chi connectivity index (χ0v) is 19.9. The standard InChI is InChI=1S/C28H29N5O2/c1-35-21-4-6-26-24(16-21)22(7-11-30-26)28(34)31-10-2-12-33-13-8-20(9-14-33)25-18-32-27-5-3-19(17-29)15-23(25)27/h3-7,11,15-16,18,20,32H,2,8-10,12-14H2,1H3,(H,31,34). The van der Waals surface area contributed by atoms with Crippen molar-refractivity contribution in [2.24, 2.45) is 0 Å². The number of carbonyl (C=O) groups is 1. The molecule has 1 aliphatic rings. The Balaban J connectivity index is 1.12. The van der Waals surface area contributed by atoms with Crippen molar-refractivity contribution in [2.75, 3.05) is 33.3 Å². The van der Waals surface area contributed by atoms with Crippen molar-refractivity contribution in [3.8, 4) is 11.8 Å². The highest BCUT2D eigenvalue weighted by Crippen LogP contribution is 2.33. The lowest BCUT2D eigenvalue weighted by Crippen LogP contribution is -2.35. The van der Waals surface area contributed by atoms with Gasteiger partial charge in [0.15, 0.2) is 0 Å². The molecule has 2 aromatic heterocycles. The first-order valence-electron chi connectivity index (χ1n) is 12.1. The Morgan fingerprint density at radius 1 is 1.20 bits per heavy atom. The Morgan fingerprint density at radius 3 is 2.86 bits per heavy atom. The van der Waals surface area contributed by atoms with Crippen LogP contribution in [-0.2, 0) is 0 Å². The summed E-state index contributed by atoms with van der Waals surface area (Å²) in [6.07, 6.45) is 6.88. The zero-order chi connectivity index (χ0) is 24.2. The van der Waals surface area contributed by atoms with Gasteiger partial charge in [0.25, 0.3) is 5.91 Å². The Labute approximate surface area is 204 Å². The quantitative estimate of drug-likeness (QED) is 0.388. The normalized spacial score (nSPS) is 14.7. The van der Waals surface area contributed by atoms with Gasteiger partial charge in [-0.15, -0.1) is 0 Å². The minimum Gasteiger partial charge on any atom is -0.497 e. The number of hydrogen-bond donors (Lipinski definition) is 2. The van der Waals surface area contributed by atoms with Crippen LogP contribution in [0.15, 0.2) is 54.9 Å². The fraction of sp³-hybridized carbons (Fsp3) is 0.321. The topological polar surface area (TPSA) is 94.0 Å². The van der Waals surface area contributed by atoms with E-state index >= 15 is 0 Å². The summed E-state index contributed by atoms with van der Waals surface area (Å²) in [5.74, 6) is 1.13. The molecule has 178 valence electrons. The number of nitrogens with one attached hydrogen (secondary N) is 2. The van der Waals surface area contributed by atoms with Crippen molar-refractivity contribution in [3.63, 3.8) is 0 Å². The number of pyridine rings is 1. The lowest BCUT2D eigenvalue weighted by molar-refractivity contribution is 0.0952. The number of aromatic nitrogens is 2. The molecule has 1 saturated heterocycles. The van der Waals surface area contributed by atoms with Crippen molar-refractivity contribution >= 4 is 27.7 Å². The molecule has 1 fully saturated rings. The third kappa shape index (κ3) is 4.84. The van der Waals surface area contributed by atoms with Crippen LogP contribution in [0, 0.1) is 11.3 Å². The third-order valence-electron chi connectivity index (χ3n) is 7.00. The number of hydrogen-bond acceptors (Lipinski definition) is 5. The van der Waals surface area contributed by atoms with Crippen LogP contribution < -0.4 is 10.1 Å². The third-order valence-corrected chi connectivity index (χ3v) is 7.00. The van der Waals surface area contributed by atoms with Crippen LogP contribution in [-0.4, -0.2) is 54.1 Å². The number of methoxy groups -OCH3 is 1. The first kappa shape index (κ1) is 22.9. The molecular weight excluding hydrogens is 438 g/mol. The van der Waals surface area contributed by atoms with Crippen molar-refractivity contribution < 1.29 is 9.53 Å². The number of piperidine rings is 1. The summed E-state index contributed by atoms with van der Waals surface area (Å²) in [5, 5.41) is 14.3. The van der Waals surface area contributed by atoms with E-state index in [0.717, 1.165) is 55.3 Å². The van der Waals surface area contributed by atoms with E-state index in [1.807, 2.05) is 36.4 Å². The molecule has 1 amide bonds. The van der Waals surface area contributed by atoms with Crippen LogP contribution in [0.4, 0.5) is 0 Å². The van der Waals surface area contributed by atoms with Gasteiger partial charge in [-0.3, -0.25) is 9.78 Å². The van der Waals surface area contributed by atoms with Gasteiger partial charge in [0.1, 0.15) is 5.75 Å². The second kappa shape index (κ2) is 10.2. The van der Waals surface area contributed by atoms with Gasteiger partial charge in [-0.05, 0) is 92.8 Å². The average Bonchev–Trinajstić information content (AvgIpc) is 3.33. The minimum absolute atomic E-state index is 0.0829. The predicted molar refractivity (Wildman–Crippen MR) is 137 cm³/mol. The van der Waals surface area contributed by atoms with E-state index in [1.165, 1.54) is 10.9 Å². The molecule has 5 rings (SSSR count). The molecule has 0 spiro atoms. The number of H-pyrrole nitrogens is 1. The first-order valence-corrected chi connectivity index (χ1v) is 12.1. The minimum atomic E-state index is -0.0829. The molecule has 0 bridgehead atoms. The molecule has 0 atom stereocenters. The second-order valence-electron chi connectivity index (χ2n) is 9.08.